The number of carbonyl (C=O) groups excluding carboxylic acids is 1. The topological polar surface area (TPSA) is 47.4 Å². The van der Waals surface area contributed by atoms with Crippen molar-refractivity contribution in [2.45, 2.75) is 38.0 Å². The average Bonchev–Trinajstić information content (AvgIpc) is 3.45. The van der Waals surface area contributed by atoms with Crippen molar-refractivity contribution in [3.8, 4) is 11.4 Å². The lowest BCUT2D eigenvalue weighted by Crippen LogP contribution is -2.29. The third-order valence-corrected chi connectivity index (χ3v) is 6.52. The fraction of sp³-hybridized carbons (Fsp3) is 0.360. The van der Waals surface area contributed by atoms with E-state index in [0.717, 1.165) is 61.3 Å². The Morgan fingerprint density at radius 3 is 2.55 bits per heavy atom. The van der Waals surface area contributed by atoms with E-state index in [1.54, 1.807) is 19.2 Å². The second kappa shape index (κ2) is 8.17. The molecular weight excluding hydrogens is 393 g/mol. The Morgan fingerprint density at radius 1 is 1.06 bits per heavy atom. The molecule has 2 aliphatic rings. The molecule has 1 atom stereocenters. The Labute approximate surface area is 181 Å². The van der Waals surface area contributed by atoms with E-state index in [1.165, 1.54) is 17.7 Å². The average molecular weight is 420 g/mol. The lowest BCUT2D eigenvalue weighted by Gasteiger charge is -2.18. The van der Waals surface area contributed by atoms with Crippen LogP contribution in [0, 0.1) is 5.82 Å². The highest BCUT2D eigenvalue weighted by Gasteiger charge is 2.33. The molecule has 0 spiro atoms. The molecule has 0 bridgehead atoms. The van der Waals surface area contributed by atoms with Crippen LogP contribution < -0.4 is 4.74 Å². The van der Waals surface area contributed by atoms with Crippen molar-refractivity contribution in [1.82, 2.24) is 14.7 Å². The van der Waals surface area contributed by atoms with Crippen molar-refractivity contribution in [2.24, 2.45) is 0 Å². The molecule has 1 unspecified atom stereocenters. The summed E-state index contributed by atoms with van der Waals surface area (Å²) in [6.45, 7) is 1.43. The van der Waals surface area contributed by atoms with Gasteiger partial charge in [-0.25, -0.2) is 9.07 Å². The lowest BCUT2D eigenvalue weighted by atomic mass is 9.95. The third-order valence-electron chi connectivity index (χ3n) is 6.52. The Kier molecular flexibility index (Phi) is 5.22. The summed E-state index contributed by atoms with van der Waals surface area (Å²) in [6.07, 6.45) is 4.85. The van der Waals surface area contributed by atoms with Crippen LogP contribution in [-0.2, 0) is 12.8 Å². The number of likely N-dealkylation sites (tertiary alicyclic amines) is 1. The van der Waals surface area contributed by atoms with Gasteiger partial charge in [0.05, 0.1) is 12.8 Å². The quantitative estimate of drug-likeness (QED) is 0.624. The number of benzene rings is 2. The maximum absolute atomic E-state index is 13.5. The van der Waals surface area contributed by atoms with Gasteiger partial charge in [-0.15, -0.1) is 0 Å². The standard InChI is InChI=1S/C25H26FN3O2/c1-31-21-12-6-17(7-13-21)18-14-15-28(16-18)25(30)24-22-4-2-3-5-23(22)29(27-24)20-10-8-19(26)9-11-20/h6-13,18H,2-5,14-16H2,1H3. The predicted octanol–water partition coefficient (Wildman–Crippen LogP) is 4.53. The highest BCUT2D eigenvalue weighted by molar-refractivity contribution is 5.94. The van der Waals surface area contributed by atoms with Gasteiger partial charge in [-0.1, -0.05) is 12.1 Å². The molecule has 0 saturated carbocycles. The summed E-state index contributed by atoms with van der Waals surface area (Å²) < 4.78 is 20.5. The van der Waals surface area contributed by atoms with Crippen LogP contribution in [0.4, 0.5) is 4.39 Å². The van der Waals surface area contributed by atoms with Gasteiger partial charge in [-0.3, -0.25) is 4.79 Å². The molecule has 6 heteroatoms. The van der Waals surface area contributed by atoms with Gasteiger partial charge in [0, 0.05) is 30.3 Å². The zero-order valence-corrected chi connectivity index (χ0v) is 17.7. The van der Waals surface area contributed by atoms with Gasteiger partial charge in [0.2, 0.25) is 0 Å². The highest BCUT2D eigenvalue weighted by Crippen LogP contribution is 2.32. The highest BCUT2D eigenvalue weighted by atomic mass is 19.1. The van der Waals surface area contributed by atoms with Crippen LogP contribution in [0.3, 0.4) is 0 Å². The molecular formula is C25H26FN3O2. The Hall–Kier alpha value is -3.15. The number of fused-ring (bicyclic) bond motifs is 1. The first-order valence-corrected chi connectivity index (χ1v) is 10.9. The molecule has 1 amide bonds. The van der Waals surface area contributed by atoms with Gasteiger partial charge in [0.25, 0.3) is 5.91 Å². The summed E-state index contributed by atoms with van der Waals surface area (Å²) in [4.78, 5) is 15.4. The zero-order valence-electron chi connectivity index (χ0n) is 17.7. The molecule has 1 fully saturated rings. The first-order chi connectivity index (χ1) is 15.1. The van der Waals surface area contributed by atoms with E-state index >= 15 is 0 Å². The van der Waals surface area contributed by atoms with Crippen LogP contribution in [0.15, 0.2) is 48.5 Å². The fourth-order valence-electron chi connectivity index (χ4n) is 4.81. The van der Waals surface area contributed by atoms with Crippen LogP contribution in [-0.4, -0.2) is 40.8 Å². The minimum Gasteiger partial charge on any atom is -0.497 e. The number of carbonyl (C=O) groups is 1. The zero-order chi connectivity index (χ0) is 21.4. The van der Waals surface area contributed by atoms with Crippen molar-refractivity contribution in [2.75, 3.05) is 20.2 Å². The van der Waals surface area contributed by atoms with Crippen LogP contribution in [0.5, 0.6) is 5.75 Å². The number of ether oxygens (including phenoxy) is 1. The molecule has 3 aromatic rings. The first-order valence-electron chi connectivity index (χ1n) is 10.9. The fourth-order valence-corrected chi connectivity index (χ4v) is 4.81. The normalized spacial score (nSPS) is 18.1. The van der Waals surface area contributed by atoms with E-state index in [-0.39, 0.29) is 11.7 Å². The Bertz CT molecular complexity index is 1090. The van der Waals surface area contributed by atoms with Crippen LogP contribution >= 0.6 is 0 Å². The minimum atomic E-state index is -0.275. The lowest BCUT2D eigenvalue weighted by molar-refractivity contribution is 0.0783. The van der Waals surface area contributed by atoms with Gasteiger partial charge in [-0.2, -0.15) is 5.10 Å². The van der Waals surface area contributed by atoms with E-state index in [4.69, 9.17) is 9.84 Å². The summed E-state index contributed by atoms with van der Waals surface area (Å²) in [5.41, 5.74) is 4.75. The van der Waals surface area contributed by atoms with E-state index in [9.17, 15) is 9.18 Å². The number of methoxy groups -OCH3 is 1. The number of rotatable bonds is 4. The van der Waals surface area contributed by atoms with E-state index in [0.29, 0.717) is 18.2 Å². The monoisotopic (exact) mass is 419 g/mol. The van der Waals surface area contributed by atoms with Crippen molar-refractivity contribution < 1.29 is 13.9 Å². The number of aromatic nitrogens is 2. The molecule has 160 valence electrons. The number of nitrogens with zero attached hydrogens (tertiary/aromatic N) is 3. The molecule has 1 saturated heterocycles. The minimum absolute atomic E-state index is 0.00928. The summed E-state index contributed by atoms with van der Waals surface area (Å²) in [5, 5.41) is 4.74. The molecule has 5 nitrogen and oxygen atoms in total. The summed E-state index contributed by atoms with van der Waals surface area (Å²) in [5.74, 6) is 0.898. The van der Waals surface area contributed by atoms with Crippen molar-refractivity contribution >= 4 is 5.91 Å². The molecule has 0 radical (unpaired) electrons. The van der Waals surface area contributed by atoms with E-state index in [1.807, 2.05) is 21.7 Å². The summed E-state index contributed by atoms with van der Waals surface area (Å²) >= 11 is 0. The van der Waals surface area contributed by atoms with Crippen LogP contribution in [0.2, 0.25) is 0 Å². The maximum atomic E-state index is 13.5. The number of hydrogen-bond acceptors (Lipinski definition) is 3. The van der Waals surface area contributed by atoms with Gasteiger partial charge in [-0.05, 0) is 74.1 Å². The smallest absolute Gasteiger partial charge is 0.274 e. The first kappa shape index (κ1) is 19.8. The largest absolute Gasteiger partial charge is 0.497 e. The van der Waals surface area contributed by atoms with Crippen LogP contribution in [0.25, 0.3) is 5.69 Å². The van der Waals surface area contributed by atoms with Crippen molar-refractivity contribution in [3.05, 3.63) is 76.9 Å². The van der Waals surface area contributed by atoms with Crippen molar-refractivity contribution in [1.29, 1.82) is 0 Å². The number of halogens is 1. The molecule has 1 aliphatic carbocycles. The molecule has 31 heavy (non-hydrogen) atoms. The SMILES string of the molecule is COc1ccc(C2CCN(C(=O)c3nn(-c4ccc(F)cc4)c4c3CCCC4)C2)cc1. The number of amides is 1. The molecule has 5 rings (SSSR count). The Balaban J connectivity index is 1.41. The maximum Gasteiger partial charge on any atom is 0.274 e. The van der Waals surface area contributed by atoms with E-state index < -0.39 is 0 Å². The third kappa shape index (κ3) is 3.71. The summed E-state index contributed by atoms with van der Waals surface area (Å²) in [6, 6.07) is 14.4. The number of hydrogen-bond donors (Lipinski definition) is 0. The van der Waals surface area contributed by atoms with Crippen molar-refractivity contribution in [3.63, 3.8) is 0 Å². The molecule has 2 aromatic carbocycles. The van der Waals surface area contributed by atoms with E-state index in [2.05, 4.69) is 12.1 Å². The molecule has 1 aromatic heterocycles. The predicted molar refractivity (Wildman–Crippen MR) is 116 cm³/mol. The molecule has 2 heterocycles. The summed E-state index contributed by atoms with van der Waals surface area (Å²) in [7, 11) is 1.66. The van der Waals surface area contributed by atoms with Gasteiger partial charge < -0.3 is 9.64 Å². The second-order valence-corrected chi connectivity index (χ2v) is 8.38. The molecule has 1 aliphatic heterocycles. The molecule has 0 N–H and O–H groups in total. The van der Waals surface area contributed by atoms with Gasteiger partial charge in [0.15, 0.2) is 5.69 Å². The van der Waals surface area contributed by atoms with Crippen LogP contribution in [0.1, 0.15) is 52.5 Å². The van der Waals surface area contributed by atoms with Gasteiger partial charge in [0.1, 0.15) is 11.6 Å². The van der Waals surface area contributed by atoms with Gasteiger partial charge >= 0.3 is 0 Å². The Morgan fingerprint density at radius 2 is 1.81 bits per heavy atom. The second-order valence-electron chi connectivity index (χ2n) is 8.38.